The van der Waals surface area contributed by atoms with Gasteiger partial charge in [0.25, 0.3) is 0 Å². The van der Waals surface area contributed by atoms with Crippen molar-refractivity contribution in [3.63, 3.8) is 0 Å². The van der Waals surface area contributed by atoms with Crippen molar-refractivity contribution in [1.82, 2.24) is 4.90 Å². The van der Waals surface area contributed by atoms with Gasteiger partial charge in [0, 0.05) is 6.54 Å². The van der Waals surface area contributed by atoms with Gasteiger partial charge >= 0.3 is 12.1 Å². The molecule has 0 unspecified atom stereocenters. The largest absolute Gasteiger partial charge is 0.461 e. The van der Waals surface area contributed by atoms with E-state index in [2.05, 4.69) is 6.08 Å². The van der Waals surface area contributed by atoms with Crippen molar-refractivity contribution in [3.8, 4) is 0 Å². The van der Waals surface area contributed by atoms with Gasteiger partial charge in [0.2, 0.25) is 0 Å². The molecule has 0 saturated carbocycles. The molecular weight excluding hydrogens is 282 g/mol. The number of hydrogen-bond acceptors (Lipinski definition) is 4. The van der Waals surface area contributed by atoms with Gasteiger partial charge in [-0.1, -0.05) is 42.5 Å². The van der Waals surface area contributed by atoms with Gasteiger partial charge < -0.3 is 14.4 Å². The second-order valence-electron chi connectivity index (χ2n) is 5.69. The van der Waals surface area contributed by atoms with Crippen LogP contribution in [0.5, 0.6) is 0 Å². The normalized spacial score (nSPS) is 25.9. The summed E-state index contributed by atoms with van der Waals surface area (Å²) in [7, 11) is 1.36. The SMILES string of the molecule is COC(=O)N1C[C@H]2C=C[C@@H]1[C@H](C(=O)OCc1ccccc1)C2. The molecule has 0 N–H and O–H groups in total. The molecule has 3 atom stereocenters. The van der Waals surface area contributed by atoms with Crippen molar-refractivity contribution < 1.29 is 19.1 Å². The number of nitrogens with zero attached hydrogens (tertiary/aromatic N) is 1. The zero-order valence-electron chi connectivity index (χ0n) is 12.5. The van der Waals surface area contributed by atoms with Gasteiger partial charge in [0.15, 0.2) is 0 Å². The van der Waals surface area contributed by atoms with E-state index in [1.165, 1.54) is 7.11 Å². The third-order valence-electron chi connectivity index (χ3n) is 4.28. The molecule has 22 heavy (non-hydrogen) atoms. The van der Waals surface area contributed by atoms with Crippen LogP contribution in [-0.2, 0) is 20.9 Å². The molecule has 0 radical (unpaired) electrons. The van der Waals surface area contributed by atoms with Crippen LogP contribution in [0.1, 0.15) is 12.0 Å². The number of hydrogen-bond donors (Lipinski definition) is 0. The number of ether oxygens (including phenoxy) is 2. The van der Waals surface area contributed by atoms with Gasteiger partial charge in [-0.05, 0) is 17.9 Å². The van der Waals surface area contributed by atoms with E-state index in [0.29, 0.717) is 6.54 Å². The molecule has 2 heterocycles. The van der Waals surface area contributed by atoms with Crippen LogP contribution in [0.25, 0.3) is 0 Å². The standard InChI is InChI=1S/C17H19NO4/c1-21-17(20)18-10-13-7-8-15(18)14(9-13)16(19)22-11-12-5-3-2-4-6-12/h2-8,13-15H,9-11H2,1H3/t13-,14+,15+/m0/s1. The summed E-state index contributed by atoms with van der Waals surface area (Å²) < 4.78 is 10.2. The number of methoxy groups -OCH3 is 1. The number of piperidine rings is 1. The van der Waals surface area contributed by atoms with Gasteiger partial charge in [0.1, 0.15) is 6.61 Å². The van der Waals surface area contributed by atoms with E-state index in [1.54, 1.807) is 4.90 Å². The molecule has 4 rings (SSSR count). The molecule has 0 aromatic heterocycles. The van der Waals surface area contributed by atoms with Crippen molar-refractivity contribution in [3.05, 3.63) is 48.0 Å². The Morgan fingerprint density at radius 3 is 2.68 bits per heavy atom. The number of amides is 1. The van der Waals surface area contributed by atoms with Crippen molar-refractivity contribution in [1.29, 1.82) is 0 Å². The minimum atomic E-state index is -0.389. The summed E-state index contributed by atoms with van der Waals surface area (Å²) in [4.78, 5) is 25.8. The van der Waals surface area contributed by atoms with Crippen molar-refractivity contribution >= 4 is 12.1 Å². The van der Waals surface area contributed by atoms with E-state index in [9.17, 15) is 9.59 Å². The number of esters is 1. The summed E-state index contributed by atoms with van der Waals surface area (Å²) in [6, 6.07) is 9.31. The molecule has 1 amide bonds. The third kappa shape index (κ3) is 2.84. The van der Waals surface area contributed by atoms with Crippen LogP contribution in [-0.4, -0.2) is 36.7 Å². The molecule has 5 nitrogen and oxygen atoms in total. The fourth-order valence-corrected chi connectivity index (χ4v) is 3.17. The second kappa shape index (κ2) is 6.22. The molecule has 1 aromatic carbocycles. The first-order valence-corrected chi connectivity index (χ1v) is 7.42. The van der Waals surface area contributed by atoms with E-state index in [-0.39, 0.29) is 36.5 Å². The first-order valence-electron chi connectivity index (χ1n) is 7.42. The summed E-state index contributed by atoms with van der Waals surface area (Å²) in [6.07, 6.45) is 4.33. The highest BCUT2D eigenvalue weighted by molar-refractivity contribution is 5.77. The maximum Gasteiger partial charge on any atom is 0.410 e. The fraction of sp³-hybridized carbons (Fsp3) is 0.412. The van der Waals surface area contributed by atoms with Crippen molar-refractivity contribution in [2.24, 2.45) is 11.8 Å². The van der Waals surface area contributed by atoms with Gasteiger partial charge in [-0.25, -0.2) is 4.79 Å². The molecule has 1 aromatic rings. The molecule has 2 bridgehead atoms. The topological polar surface area (TPSA) is 55.8 Å². The highest BCUT2D eigenvalue weighted by Crippen LogP contribution is 2.35. The molecular formula is C17H19NO4. The molecule has 5 heteroatoms. The van der Waals surface area contributed by atoms with E-state index in [1.807, 2.05) is 36.4 Å². The number of carbonyl (C=O) groups is 2. The van der Waals surface area contributed by atoms with Crippen LogP contribution >= 0.6 is 0 Å². The van der Waals surface area contributed by atoms with Crippen LogP contribution in [0.2, 0.25) is 0 Å². The fourth-order valence-electron chi connectivity index (χ4n) is 3.17. The summed E-state index contributed by atoms with van der Waals surface area (Å²) in [6.45, 7) is 0.867. The zero-order chi connectivity index (χ0) is 15.5. The lowest BCUT2D eigenvalue weighted by Gasteiger charge is -2.44. The Balaban J connectivity index is 1.65. The number of benzene rings is 1. The molecule has 3 aliphatic rings. The van der Waals surface area contributed by atoms with Crippen LogP contribution in [0.15, 0.2) is 42.5 Å². The Hall–Kier alpha value is -2.30. The Bertz CT molecular complexity index is 584. The highest BCUT2D eigenvalue weighted by atomic mass is 16.5. The lowest BCUT2D eigenvalue weighted by atomic mass is 9.78. The van der Waals surface area contributed by atoms with Crippen LogP contribution in [0.3, 0.4) is 0 Å². The van der Waals surface area contributed by atoms with Crippen molar-refractivity contribution in [2.45, 2.75) is 19.1 Å². The van der Waals surface area contributed by atoms with E-state index < -0.39 is 0 Å². The predicted molar refractivity (Wildman–Crippen MR) is 79.9 cm³/mol. The lowest BCUT2D eigenvalue weighted by molar-refractivity contribution is -0.153. The summed E-state index contributed by atoms with van der Waals surface area (Å²) in [5.74, 6) is -0.373. The Morgan fingerprint density at radius 2 is 2.00 bits per heavy atom. The quantitative estimate of drug-likeness (QED) is 0.635. The maximum atomic E-state index is 12.4. The number of carbonyl (C=O) groups excluding carboxylic acids is 2. The monoisotopic (exact) mass is 301 g/mol. The van der Waals surface area contributed by atoms with Crippen LogP contribution in [0, 0.1) is 11.8 Å². The van der Waals surface area contributed by atoms with E-state index >= 15 is 0 Å². The molecule has 116 valence electrons. The van der Waals surface area contributed by atoms with Crippen molar-refractivity contribution in [2.75, 3.05) is 13.7 Å². The van der Waals surface area contributed by atoms with E-state index in [4.69, 9.17) is 9.47 Å². The van der Waals surface area contributed by atoms with Gasteiger partial charge in [0.05, 0.1) is 19.1 Å². The number of fused-ring (bicyclic) bond motifs is 2. The first kappa shape index (κ1) is 14.6. The first-order chi connectivity index (χ1) is 10.7. The average molecular weight is 301 g/mol. The maximum absolute atomic E-state index is 12.4. The van der Waals surface area contributed by atoms with Gasteiger partial charge in [-0.2, -0.15) is 0 Å². The van der Waals surface area contributed by atoms with Gasteiger partial charge in [-0.3, -0.25) is 4.79 Å². The minimum Gasteiger partial charge on any atom is -0.461 e. The Morgan fingerprint density at radius 1 is 1.23 bits per heavy atom. The molecule has 1 saturated heterocycles. The lowest BCUT2D eigenvalue weighted by Crippen LogP contribution is -2.55. The van der Waals surface area contributed by atoms with Gasteiger partial charge in [-0.15, -0.1) is 0 Å². The number of rotatable bonds is 3. The van der Waals surface area contributed by atoms with Crippen LogP contribution < -0.4 is 0 Å². The summed E-state index contributed by atoms with van der Waals surface area (Å²) >= 11 is 0. The smallest absolute Gasteiger partial charge is 0.410 e. The third-order valence-corrected chi connectivity index (χ3v) is 4.28. The molecule has 1 fully saturated rings. The molecule has 2 aliphatic heterocycles. The zero-order valence-corrected chi connectivity index (χ0v) is 12.5. The second-order valence-corrected chi connectivity index (χ2v) is 5.69. The van der Waals surface area contributed by atoms with E-state index in [0.717, 1.165) is 12.0 Å². The Labute approximate surface area is 129 Å². The summed E-state index contributed by atoms with van der Waals surface area (Å²) in [5.41, 5.74) is 0.956. The Kier molecular flexibility index (Phi) is 4.13. The molecule has 0 spiro atoms. The predicted octanol–water partition coefficient (Wildman–Crippen LogP) is 2.37. The van der Waals surface area contributed by atoms with Crippen LogP contribution in [0.4, 0.5) is 4.79 Å². The minimum absolute atomic E-state index is 0.193. The molecule has 1 aliphatic carbocycles. The summed E-state index contributed by atoms with van der Waals surface area (Å²) in [5, 5.41) is 0. The average Bonchev–Trinajstić information content (AvgIpc) is 2.60. The highest BCUT2D eigenvalue weighted by Gasteiger charge is 2.44.